The van der Waals surface area contributed by atoms with E-state index in [4.69, 9.17) is 4.74 Å². The number of amides is 1. The first-order valence-electron chi connectivity index (χ1n) is 6.73. The zero-order valence-electron chi connectivity index (χ0n) is 12.2. The molecular formula is C16H19NO3S. The predicted octanol–water partition coefficient (Wildman–Crippen LogP) is 2.95. The van der Waals surface area contributed by atoms with E-state index in [0.717, 1.165) is 5.56 Å². The lowest BCUT2D eigenvalue weighted by molar-refractivity contribution is 0.0707. The first-order chi connectivity index (χ1) is 10.2. The first-order valence-corrected chi connectivity index (χ1v) is 7.61. The van der Waals surface area contributed by atoms with E-state index in [2.05, 4.69) is 0 Å². The monoisotopic (exact) mass is 305 g/mol. The van der Waals surface area contributed by atoms with Crippen LogP contribution in [0.2, 0.25) is 0 Å². The van der Waals surface area contributed by atoms with Crippen LogP contribution >= 0.6 is 11.3 Å². The fourth-order valence-electron chi connectivity index (χ4n) is 2.30. The van der Waals surface area contributed by atoms with Crippen LogP contribution in [-0.2, 0) is 0 Å². The van der Waals surface area contributed by atoms with Crippen LogP contribution in [0.15, 0.2) is 41.8 Å². The molecule has 0 spiro atoms. The van der Waals surface area contributed by atoms with E-state index < -0.39 is 0 Å². The van der Waals surface area contributed by atoms with Gasteiger partial charge in [0.15, 0.2) is 0 Å². The Balaban J connectivity index is 2.26. The highest BCUT2D eigenvalue weighted by molar-refractivity contribution is 7.12. The van der Waals surface area contributed by atoms with Crippen molar-refractivity contribution in [1.82, 2.24) is 4.90 Å². The lowest BCUT2D eigenvalue weighted by Crippen LogP contribution is -2.31. The second-order valence-electron chi connectivity index (χ2n) is 4.67. The van der Waals surface area contributed by atoms with Gasteiger partial charge in [0.2, 0.25) is 0 Å². The maximum absolute atomic E-state index is 12.6. The lowest BCUT2D eigenvalue weighted by Gasteiger charge is -2.28. The van der Waals surface area contributed by atoms with Crippen LogP contribution < -0.4 is 4.74 Å². The maximum atomic E-state index is 12.6. The fourth-order valence-corrected chi connectivity index (χ4v) is 3.14. The van der Waals surface area contributed by atoms with E-state index in [1.807, 2.05) is 35.7 Å². The average Bonchev–Trinajstić information content (AvgIpc) is 3.00. The molecule has 21 heavy (non-hydrogen) atoms. The molecule has 2 rings (SSSR count). The molecule has 1 atom stereocenters. The van der Waals surface area contributed by atoms with Crippen LogP contribution in [-0.4, -0.2) is 36.7 Å². The van der Waals surface area contributed by atoms with Gasteiger partial charge in [0.1, 0.15) is 10.6 Å². The minimum Gasteiger partial charge on any atom is -0.495 e. The Bertz CT molecular complexity index is 582. The highest BCUT2D eigenvalue weighted by atomic mass is 32.1. The van der Waals surface area contributed by atoms with Gasteiger partial charge in [-0.15, -0.1) is 11.3 Å². The second kappa shape index (κ2) is 7.24. The van der Waals surface area contributed by atoms with Crippen LogP contribution in [0.25, 0.3) is 0 Å². The molecule has 1 aromatic carbocycles. The highest BCUT2D eigenvalue weighted by Crippen LogP contribution is 2.30. The average molecular weight is 305 g/mol. The first kappa shape index (κ1) is 15.5. The molecule has 0 saturated carbocycles. The molecule has 0 fully saturated rings. The Kier molecular flexibility index (Phi) is 5.36. The number of hydrogen-bond acceptors (Lipinski definition) is 4. The summed E-state index contributed by atoms with van der Waals surface area (Å²) in [6, 6.07) is 11.4. The van der Waals surface area contributed by atoms with Crippen LogP contribution in [0, 0.1) is 0 Å². The minimum atomic E-state index is -0.157. The number of benzene rings is 1. The van der Waals surface area contributed by atoms with Crippen molar-refractivity contribution >= 4 is 17.2 Å². The second-order valence-corrected chi connectivity index (χ2v) is 5.59. The van der Waals surface area contributed by atoms with Gasteiger partial charge in [-0.25, -0.2) is 0 Å². The van der Waals surface area contributed by atoms with Crippen molar-refractivity contribution in [1.29, 1.82) is 0 Å². The van der Waals surface area contributed by atoms with Crippen molar-refractivity contribution in [2.24, 2.45) is 0 Å². The van der Waals surface area contributed by atoms with Crippen molar-refractivity contribution in [3.05, 3.63) is 52.2 Å². The Hall–Kier alpha value is -1.85. The molecule has 1 N–H and O–H groups in total. The normalized spacial score (nSPS) is 12.0. The van der Waals surface area contributed by atoms with Crippen molar-refractivity contribution in [3.8, 4) is 5.75 Å². The molecule has 0 radical (unpaired) electrons. The topological polar surface area (TPSA) is 49.8 Å². The maximum Gasteiger partial charge on any atom is 0.268 e. The van der Waals surface area contributed by atoms with Gasteiger partial charge in [0.05, 0.1) is 13.2 Å². The number of hydrogen-bond donors (Lipinski definition) is 1. The van der Waals surface area contributed by atoms with Crippen molar-refractivity contribution in [2.45, 2.75) is 12.5 Å². The summed E-state index contributed by atoms with van der Waals surface area (Å²) in [6.07, 6.45) is 0.500. The number of carbonyl (C=O) groups excluding carboxylic acids is 1. The van der Waals surface area contributed by atoms with E-state index in [-0.39, 0.29) is 18.6 Å². The molecule has 1 aromatic heterocycles. The third kappa shape index (κ3) is 3.43. The minimum absolute atomic E-state index is 0.0265. The summed E-state index contributed by atoms with van der Waals surface area (Å²) in [5, 5.41) is 11.1. The van der Waals surface area contributed by atoms with Gasteiger partial charge < -0.3 is 14.7 Å². The van der Waals surface area contributed by atoms with E-state index in [1.165, 1.54) is 11.3 Å². The summed E-state index contributed by atoms with van der Waals surface area (Å²) in [4.78, 5) is 14.9. The van der Waals surface area contributed by atoms with Gasteiger partial charge in [-0.05, 0) is 23.4 Å². The lowest BCUT2D eigenvalue weighted by atomic mass is 10.0. The Morgan fingerprint density at radius 3 is 2.67 bits per heavy atom. The third-order valence-corrected chi connectivity index (χ3v) is 4.30. The van der Waals surface area contributed by atoms with Crippen LogP contribution in [0.1, 0.15) is 27.7 Å². The van der Waals surface area contributed by atoms with Gasteiger partial charge in [-0.2, -0.15) is 0 Å². The van der Waals surface area contributed by atoms with Gasteiger partial charge in [-0.1, -0.05) is 30.3 Å². The Morgan fingerprint density at radius 2 is 2.05 bits per heavy atom. The molecular weight excluding hydrogens is 286 g/mol. The number of aliphatic hydroxyl groups is 1. The number of nitrogens with zero attached hydrogens (tertiary/aromatic N) is 1. The van der Waals surface area contributed by atoms with Gasteiger partial charge in [0.25, 0.3) is 5.91 Å². The molecule has 1 heterocycles. The molecule has 4 nitrogen and oxygen atoms in total. The van der Waals surface area contributed by atoms with Gasteiger partial charge in [0, 0.05) is 13.7 Å². The summed E-state index contributed by atoms with van der Waals surface area (Å²) in [5.74, 6) is 0.497. The van der Waals surface area contributed by atoms with Crippen LogP contribution in [0.3, 0.4) is 0 Å². The van der Waals surface area contributed by atoms with Crippen molar-refractivity contribution in [2.75, 3.05) is 20.8 Å². The summed E-state index contributed by atoms with van der Waals surface area (Å²) < 4.78 is 5.22. The molecule has 112 valence electrons. The van der Waals surface area contributed by atoms with E-state index in [1.54, 1.807) is 25.1 Å². The third-order valence-electron chi connectivity index (χ3n) is 3.42. The molecule has 0 saturated heterocycles. The summed E-state index contributed by atoms with van der Waals surface area (Å²) in [6.45, 7) is 0.0265. The quantitative estimate of drug-likeness (QED) is 0.892. The largest absolute Gasteiger partial charge is 0.495 e. The standard InChI is InChI=1S/C16H19NO3S/c1-17(16(19)15-14(20-2)9-11-21-15)13(8-10-18)12-6-4-3-5-7-12/h3-7,9,11,13,18H,8,10H2,1-2H3. The summed E-state index contributed by atoms with van der Waals surface area (Å²) >= 11 is 1.36. The number of aliphatic hydroxyl groups excluding tert-OH is 1. The molecule has 2 aromatic rings. The number of ether oxygens (including phenoxy) is 1. The number of methoxy groups -OCH3 is 1. The molecule has 1 amide bonds. The SMILES string of the molecule is COc1ccsc1C(=O)N(C)C(CCO)c1ccccc1. The van der Waals surface area contributed by atoms with Gasteiger partial charge in [-0.3, -0.25) is 4.79 Å². The number of rotatable bonds is 6. The van der Waals surface area contributed by atoms with Crippen LogP contribution in [0.4, 0.5) is 0 Å². The molecule has 0 aliphatic heterocycles. The molecule has 1 unspecified atom stereocenters. The van der Waals surface area contributed by atoms with Gasteiger partial charge >= 0.3 is 0 Å². The fraction of sp³-hybridized carbons (Fsp3) is 0.312. The zero-order valence-corrected chi connectivity index (χ0v) is 13.0. The molecule has 5 heteroatoms. The zero-order chi connectivity index (χ0) is 15.2. The molecule has 0 bridgehead atoms. The highest BCUT2D eigenvalue weighted by Gasteiger charge is 2.25. The molecule has 0 aliphatic carbocycles. The molecule has 0 aliphatic rings. The Morgan fingerprint density at radius 1 is 1.33 bits per heavy atom. The van der Waals surface area contributed by atoms with E-state index in [0.29, 0.717) is 17.0 Å². The van der Waals surface area contributed by atoms with E-state index in [9.17, 15) is 9.90 Å². The predicted molar refractivity (Wildman–Crippen MR) is 83.9 cm³/mol. The number of carbonyl (C=O) groups is 1. The van der Waals surface area contributed by atoms with E-state index >= 15 is 0 Å². The van der Waals surface area contributed by atoms with Crippen LogP contribution in [0.5, 0.6) is 5.75 Å². The van der Waals surface area contributed by atoms with Crippen molar-refractivity contribution < 1.29 is 14.6 Å². The number of thiophene rings is 1. The smallest absolute Gasteiger partial charge is 0.268 e. The van der Waals surface area contributed by atoms with Crippen molar-refractivity contribution in [3.63, 3.8) is 0 Å². The summed E-state index contributed by atoms with van der Waals surface area (Å²) in [7, 11) is 3.32. The summed E-state index contributed by atoms with van der Waals surface area (Å²) in [5.41, 5.74) is 1.01. The Labute approximate surface area is 128 Å².